The second-order valence-corrected chi connectivity index (χ2v) is 11.4. The maximum atomic E-state index is 13.4. The van der Waals surface area contributed by atoms with Crippen LogP contribution in [0.4, 0.5) is 4.39 Å². The lowest BCUT2D eigenvalue weighted by Crippen LogP contribution is -2.54. The van der Waals surface area contributed by atoms with Crippen molar-refractivity contribution in [1.82, 2.24) is 15.5 Å². The van der Waals surface area contributed by atoms with Gasteiger partial charge in [0.15, 0.2) is 0 Å². The Balaban J connectivity index is 0.000000547. The number of aliphatic imine (C=N–C) groups is 1. The number of benzene rings is 2. The molecule has 0 bridgehead atoms. The van der Waals surface area contributed by atoms with Crippen LogP contribution in [-0.2, 0) is 16.0 Å². The molecule has 8 heteroatoms. The summed E-state index contributed by atoms with van der Waals surface area (Å²) < 4.78 is 14.4. The Labute approximate surface area is 245 Å². The summed E-state index contributed by atoms with van der Waals surface area (Å²) in [5, 5.41) is 6.04. The number of rotatable bonds is 10. The normalized spacial score (nSPS) is 15.7. The molecular weight excluding hydrogens is 571 g/mol. The van der Waals surface area contributed by atoms with Gasteiger partial charge in [-0.3, -0.25) is 9.59 Å². The van der Waals surface area contributed by atoms with Gasteiger partial charge in [0.2, 0.25) is 11.8 Å². The van der Waals surface area contributed by atoms with Crippen molar-refractivity contribution in [3.05, 3.63) is 107 Å². The first-order chi connectivity index (χ1) is 19.1. The molecule has 0 spiro atoms. The predicted octanol–water partition coefficient (Wildman–Crippen LogP) is 6.66. The Kier molecular flexibility index (Phi) is 11.4. The van der Waals surface area contributed by atoms with Crippen molar-refractivity contribution in [2.24, 2.45) is 10.9 Å². The van der Waals surface area contributed by atoms with E-state index in [9.17, 15) is 14.0 Å². The van der Waals surface area contributed by atoms with Gasteiger partial charge in [-0.1, -0.05) is 65.8 Å². The summed E-state index contributed by atoms with van der Waals surface area (Å²) in [6, 6.07) is 15.5. The molecular formula is C32H38BrFN4O2. The zero-order chi connectivity index (χ0) is 29.1. The molecule has 0 saturated heterocycles. The van der Waals surface area contributed by atoms with E-state index in [0.29, 0.717) is 18.7 Å². The second kappa shape index (κ2) is 14.7. The van der Waals surface area contributed by atoms with Gasteiger partial charge in [-0.25, -0.2) is 9.38 Å². The molecule has 212 valence electrons. The van der Waals surface area contributed by atoms with Gasteiger partial charge < -0.3 is 15.5 Å². The van der Waals surface area contributed by atoms with E-state index >= 15 is 0 Å². The molecule has 2 N–H and O–H groups in total. The number of amides is 2. The summed E-state index contributed by atoms with van der Waals surface area (Å²) in [5.74, 6) is -0.0972. The molecule has 2 aliphatic rings. The SMILES string of the molecule is Brc1ccccc1.C=C1N=CC=CN1/C(=C\CC)CC(NC(=O)C1CC1)C(=O)NC(C)(C)Cc1ccc(F)cc1. The third kappa shape index (κ3) is 10.2. The van der Waals surface area contributed by atoms with Crippen LogP contribution >= 0.6 is 15.9 Å². The fourth-order valence-corrected chi connectivity index (χ4v) is 4.53. The van der Waals surface area contributed by atoms with Gasteiger partial charge in [0.1, 0.15) is 17.7 Å². The van der Waals surface area contributed by atoms with Crippen molar-refractivity contribution in [3.8, 4) is 0 Å². The fourth-order valence-electron chi connectivity index (χ4n) is 4.22. The molecule has 1 fully saturated rings. The van der Waals surface area contributed by atoms with Crippen molar-refractivity contribution in [1.29, 1.82) is 0 Å². The number of hydrogen-bond acceptors (Lipinski definition) is 4. The molecule has 2 aromatic rings. The summed E-state index contributed by atoms with van der Waals surface area (Å²) in [6.07, 6.45) is 10.7. The lowest BCUT2D eigenvalue weighted by Gasteiger charge is -2.31. The second-order valence-electron chi connectivity index (χ2n) is 10.5. The highest BCUT2D eigenvalue weighted by molar-refractivity contribution is 9.10. The number of carbonyl (C=O) groups excluding carboxylic acids is 2. The molecule has 0 aromatic heterocycles. The van der Waals surface area contributed by atoms with Gasteiger partial charge in [0.05, 0.1) is 0 Å². The van der Waals surface area contributed by atoms with Crippen molar-refractivity contribution in [2.45, 2.75) is 64.5 Å². The Morgan fingerprint density at radius 3 is 2.40 bits per heavy atom. The summed E-state index contributed by atoms with van der Waals surface area (Å²) in [4.78, 5) is 32.0. The Hall–Kier alpha value is -3.52. The molecule has 0 radical (unpaired) electrons. The van der Waals surface area contributed by atoms with Crippen LogP contribution in [0.3, 0.4) is 0 Å². The van der Waals surface area contributed by atoms with Crippen LogP contribution in [0.15, 0.2) is 101 Å². The topological polar surface area (TPSA) is 73.8 Å². The van der Waals surface area contributed by atoms with E-state index in [-0.39, 0.29) is 23.5 Å². The van der Waals surface area contributed by atoms with Crippen molar-refractivity contribution in [2.75, 3.05) is 0 Å². The maximum Gasteiger partial charge on any atom is 0.243 e. The minimum absolute atomic E-state index is 0.0134. The van der Waals surface area contributed by atoms with E-state index in [1.54, 1.807) is 18.3 Å². The van der Waals surface area contributed by atoms with Gasteiger partial charge in [0.25, 0.3) is 0 Å². The van der Waals surface area contributed by atoms with Crippen LogP contribution in [0.2, 0.25) is 0 Å². The summed E-state index contributed by atoms with van der Waals surface area (Å²) >= 11 is 3.31. The third-order valence-corrected chi connectivity index (χ3v) is 6.85. The predicted molar refractivity (Wildman–Crippen MR) is 163 cm³/mol. The van der Waals surface area contributed by atoms with Crippen molar-refractivity contribution < 1.29 is 14.0 Å². The van der Waals surface area contributed by atoms with E-state index in [4.69, 9.17) is 0 Å². The summed E-state index contributed by atoms with van der Waals surface area (Å²) in [5.41, 5.74) is 1.17. The number of nitrogens with one attached hydrogen (secondary N) is 2. The van der Waals surface area contributed by atoms with Crippen LogP contribution in [0, 0.1) is 11.7 Å². The maximum absolute atomic E-state index is 13.4. The van der Waals surface area contributed by atoms with Gasteiger partial charge in [-0.15, -0.1) is 0 Å². The third-order valence-electron chi connectivity index (χ3n) is 6.32. The number of carbonyl (C=O) groups is 2. The largest absolute Gasteiger partial charge is 0.349 e. The van der Waals surface area contributed by atoms with E-state index in [1.165, 1.54) is 12.1 Å². The van der Waals surface area contributed by atoms with E-state index in [0.717, 1.165) is 35.0 Å². The molecule has 40 heavy (non-hydrogen) atoms. The first-order valence-corrected chi connectivity index (χ1v) is 14.3. The number of hydrogen-bond donors (Lipinski definition) is 2. The highest BCUT2D eigenvalue weighted by Gasteiger charge is 2.35. The number of nitrogens with zero attached hydrogens (tertiary/aromatic N) is 2. The van der Waals surface area contributed by atoms with E-state index in [2.05, 4.69) is 38.1 Å². The Bertz CT molecular complexity index is 1250. The molecule has 2 aromatic carbocycles. The molecule has 1 heterocycles. The van der Waals surface area contributed by atoms with Crippen molar-refractivity contribution >= 4 is 34.0 Å². The van der Waals surface area contributed by atoms with E-state index in [1.807, 2.05) is 74.4 Å². The quantitative estimate of drug-likeness (QED) is 0.317. The molecule has 1 unspecified atom stereocenters. The molecule has 1 atom stereocenters. The van der Waals surface area contributed by atoms with Gasteiger partial charge >= 0.3 is 0 Å². The minimum atomic E-state index is -0.740. The highest BCUT2D eigenvalue weighted by Crippen LogP contribution is 2.29. The van der Waals surface area contributed by atoms with Crippen LogP contribution in [0.1, 0.15) is 52.0 Å². The van der Waals surface area contributed by atoms with E-state index < -0.39 is 11.6 Å². The number of allylic oxidation sites excluding steroid dienone is 2. The number of halogens is 2. The summed E-state index contributed by atoms with van der Waals surface area (Å²) in [7, 11) is 0. The fraction of sp³-hybridized carbons (Fsp3) is 0.344. The smallest absolute Gasteiger partial charge is 0.243 e. The zero-order valence-corrected chi connectivity index (χ0v) is 25.0. The average molecular weight is 610 g/mol. The first-order valence-electron chi connectivity index (χ1n) is 13.5. The van der Waals surface area contributed by atoms with Crippen LogP contribution < -0.4 is 10.6 Å². The van der Waals surface area contributed by atoms with Crippen molar-refractivity contribution in [3.63, 3.8) is 0 Å². The lowest BCUT2D eigenvalue weighted by molar-refractivity contribution is -0.130. The van der Waals surface area contributed by atoms with Crippen LogP contribution in [0.25, 0.3) is 0 Å². The Morgan fingerprint density at radius 1 is 1.18 bits per heavy atom. The molecule has 4 rings (SSSR count). The molecule has 6 nitrogen and oxygen atoms in total. The van der Waals surface area contributed by atoms with Gasteiger partial charge in [-0.05, 0) is 75.4 Å². The monoisotopic (exact) mass is 608 g/mol. The molecule has 1 aliphatic heterocycles. The molecule has 1 saturated carbocycles. The standard InChI is InChI=1S/C26H33FN4O2.C6H5Br/c1-5-7-22(31-15-6-14-28-18(31)2)16-23(29-24(32)20-10-11-20)25(33)30-26(3,4)17-19-8-12-21(27)13-9-19;7-6-4-2-1-3-5-6/h6-9,12-15,20,23H,2,5,10-11,16-17H2,1,3-4H3,(H,29,32)(H,30,33);1-5H/b22-7-;. The first kappa shape index (κ1) is 31.0. The average Bonchev–Trinajstić information content (AvgIpc) is 3.76. The lowest BCUT2D eigenvalue weighted by atomic mass is 9.94. The van der Waals surface area contributed by atoms with Gasteiger partial charge in [-0.2, -0.15) is 0 Å². The zero-order valence-electron chi connectivity index (χ0n) is 23.4. The van der Waals surface area contributed by atoms with Gasteiger partial charge in [0, 0.05) is 40.5 Å². The molecule has 2 amide bonds. The van der Waals surface area contributed by atoms with Crippen LogP contribution in [0.5, 0.6) is 0 Å². The van der Waals surface area contributed by atoms with Crippen LogP contribution in [-0.4, -0.2) is 34.5 Å². The Morgan fingerprint density at radius 2 is 1.85 bits per heavy atom. The highest BCUT2D eigenvalue weighted by atomic mass is 79.9. The molecule has 1 aliphatic carbocycles. The summed E-state index contributed by atoms with van der Waals surface area (Å²) in [6.45, 7) is 9.84. The minimum Gasteiger partial charge on any atom is -0.349 e.